The van der Waals surface area contributed by atoms with E-state index in [0.29, 0.717) is 35.5 Å². The maximum Gasteiger partial charge on any atom is 0.240 e. The van der Waals surface area contributed by atoms with E-state index in [2.05, 4.69) is 32.1 Å². The minimum atomic E-state index is -3.80. The number of rotatable bonds is 9. The number of amides is 1. The van der Waals surface area contributed by atoms with Crippen molar-refractivity contribution < 1.29 is 13.2 Å². The summed E-state index contributed by atoms with van der Waals surface area (Å²) in [4.78, 5) is 27.8. The van der Waals surface area contributed by atoms with Gasteiger partial charge in [-0.2, -0.15) is 0 Å². The number of carbonyl (C=O) groups is 1. The number of carbonyl (C=O) groups excluding carboxylic acids is 1. The van der Waals surface area contributed by atoms with Gasteiger partial charge in [-0.05, 0) is 48.9 Å². The molecule has 2 atom stereocenters. The number of aryl methyl sites for hydroxylation is 1. The van der Waals surface area contributed by atoms with Crippen LogP contribution in [0.2, 0.25) is 0 Å². The quantitative estimate of drug-likeness (QED) is 0.267. The van der Waals surface area contributed by atoms with Crippen LogP contribution in [0, 0.1) is 12.8 Å². The third kappa shape index (κ3) is 5.48. The van der Waals surface area contributed by atoms with Gasteiger partial charge < -0.3 is 10.2 Å². The second kappa shape index (κ2) is 11.3. The van der Waals surface area contributed by atoms with Crippen molar-refractivity contribution in [3.05, 3.63) is 108 Å². The first-order valence-electron chi connectivity index (χ1n) is 13.7. The summed E-state index contributed by atoms with van der Waals surface area (Å²) in [7, 11) is -1.95. The summed E-state index contributed by atoms with van der Waals surface area (Å²) in [6, 6.07) is 22.2. The highest BCUT2D eigenvalue weighted by Gasteiger charge is 2.38. The number of nitrogens with one attached hydrogen (secondary N) is 2. The summed E-state index contributed by atoms with van der Waals surface area (Å²) in [6.45, 7) is 2.52. The number of likely N-dealkylation sites (tertiary alicyclic amines) is 1. The van der Waals surface area contributed by atoms with Crippen LogP contribution in [-0.4, -0.2) is 52.3 Å². The molecule has 214 valence electrons. The Kier molecular flexibility index (Phi) is 7.44. The minimum Gasteiger partial charge on any atom is -0.370 e. The van der Waals surface area contributed by atoms with E-state index < -0.39 is 10.0 Å². The van der Waals surface area contributed by atoms with Gasteiger partial charge >= 0.3 is 0 Å². The van der Waals surface area contributed by atoms with Crippen LogP contribution in [0.1, 0.15) is 29.4 Å². The van der Waals surface area contributed by atoms with E-state index in [-0.39, 0.29) is 29.3 Å². The number of benzene rings is 2. The van der Waals surface area contributed by atoms with Crippen LogP contribution >= 0.6 is 0 Å². The first kappa shape index (κ1) is 27.6. The van der Waals surface area contributed by atoms with Crippen molar-refractivity contribution in [1.82, 2.24) is 29.1 Å². The fraction of sp³-hybridized carbons (Fsp3) is 0.226. The van der Waals surface area contributed by atoms with E-state index in [1.54, 1.807) is 42.9 Å². The molecule has 1 saturated heterocycles. The number of hydrogen-bond donors (Lipinski definition) is 2. The van der Waals surface area contributed by atoms with Crippen molar-refractivity contribution in [2.45, 2.75) is 30.8 Å². The second-order valence-corrected chi connectivity index (χ2v) is 12.2. The number of fused-ring (bicyclic) bond motifs is 1. The number of anilines is 1. The van der Waals surface area contributed by atoms with E-state index in [4.69, 9.17) is 4.98 Å². The molecule has 5 aromatic rings. The summed E-state index contributed by atoms with van der Waals surface area (Å²) in [5, 5.41) is 4.10. The van der Waals surface area contributed by atoms with Crippen molar-refractivity contribution in [3.63, 3.8) is 0 Å². The minimum absolute atomic E-state index is 0.00126. The number of imidazole rings is 1. The Labute approximate surface area is 244 Å². The van der Waals surface area contributed by atoms with Crippen molar-refractivity contribution in [2.24, 2.45) is 5.92 Å². The van der Waals surface area contributed by atoms with Crippen LogP contribution in [0.4, 0.5) is 5.82 Å². The highest BCUT2D eigenvalue weighted by atomic mass is 32.2. The zero-order chi connectivity index (χ0) is 29.3. The predicted molar refractivity (Wildman–Crippen MR) is 160 cm³/mol. The molecule has 42 heavy (non-hydrogen) atoms. The van der Waals surface area contributed by atoms with E-state index in [1.165, 1.54) is 0 Å². The molecule has 10 nitrogen and oxygen atoms in total. The molecule has 0 spiro atoms. The molecule has 0 saturated carbocycles. The highest BCUT2D eigenvalue weighted by Crippen LogP contribution is 2.37. The lowest BCUT2D eigenvalue weighted by Crippen LogP contribution is -2.26. The largest absolute Gasteiger partial charge is 0.370 e. The Morgan fingerprint density at radius 2 is 1.81 bits per heavy atom. The third-order valence-corrected chi connectivity index (χ3v) is 9.12. The van der Waals surface area contributed by atoms with E-state index in [9.17, 15) is 13.2 Å². The van der Waals surface area contributed by atoms with E-state index in [0.717, 1.165) is 17.0 Å². The van der Waals surface area contributed by atoms with Gasteiger partial charge in [-0.3, -0.25) is 9.36 Å². The SMILES string of the molecule is Cc1nccn1-c1ncccc1CNS(=O)(=O)c1ccc2nc(NC[C@H]3CC(=O)N(C)[C@@H]3c3ccccc3)ccc2c1. The zero-order valence-corrected chi connectivity index (χ0v) is 24.1. The van der Waals surface area contributed by atoms with E-state index in [1.807, 2.05) is 59.8 Å². The van der Waals surface area contributed by atoms with Crippen LogP contribution < -0.4 is 10.0 Å². The Hall–Kier alpha value is -4.61. The zero-order valence-electron chi connectivity index (χ0n) is 23.3. The van der Waals surface area contributed by atoms with E-state index >= 15 is 0 Å². The van der Waals surface area contributed by atoms with Gasteiger partial charge in [0, 0.05) is 62.0 Å². The van der Waals surface area contributed by atoms with Gasteiger partial charge in [0.1, 0.15) is 17.5 Å². The maximum absolute atomic E-state index is 13.2. The van der Waals surface area contributed by atoms with Crippen molar-refractivity contribution in [1.29, 1.82) is 0 Å². The first-order valence-corrected chi connectivity index (χ1v) is 15.2. The Morgan fingerprint density at radius 3 is 2.60 bits per heavy atom. The second-order valence-electron chi connectivity index (χ2n) is 10.4. The average molecular weight is 582 g/mol. The molecular formula is C31H31N7O3S. The number of sulfonamides is 1. The molecule has 1 fully saturated rings. The number of aromatic nitrogens is 4. The molecule has 0 unspecified atom stereocenters. The topological polar surface area (TPSA) is 122 Å². The van der Waals surface area contributed by atoms with Crippen molar-refractivity contribution in [2.75, 3.05) is 18.9 Å². The molecule has 2 N–H and O–H groups in total. The van der Waals surface area contributed by atoms with Gasteiger partial charge in [-0.1, -0.05) is 36.4 Å². The first-order chi connectivity index (χ1) is 20.3. The molecule has 3 aromatic heterocycles. The summed E-state index contributed by atoms with van der Waals surface area (Å²) in [6.07, 6.45) is 5.60. The molecular weight excluding hydrogens is 550 g/mol. The van der Waals surface area contributed by atoms with Crippen LogP contribution in [0.3, 0.4) is 0 Å². The molecule has 11 heteroatoms. The van der Waals surface area contributed by atoms with Crippen LogP contribution in [0.5, 0.6) is 0 Å². The van der Waals surface area contributed by atoms with Crippen LogP contribution in [0.25, 0.3) is 16.7 Å². The average Bonchev–Trinajstić information content (AvgIpc) is 3.56. The number of nitrogens with zero attached hydrogens (tertiary/aromatic N) is 5. The molecule has 1 amide bonds. The highest BCUT2D eigenvalue weighted by molar-refractivity contribution is 7.89. The molecule has 2 aromatic carbocycles. The predicted octanol–water partition coefficient (Wildman–Crippen LogP) is 4.23. The molecule has 4 heterocycles. The van der Waals surface area contributed by atoms with Gasteiger partial charge in [0.05, 0.1) is 16.5 Å². The van der Waals surface area contributed by atoms with Crippen LogP contribution in [0.15, 0.2) is 96.3 Å². The standard InChI is InChI=1S/C31H31N7O3S/c1-21-32-15-16-38(21)31-24(9-6-14-33-31)20-35-42(40,41)26-11-12-27-23(17-26)10-13-28(36-27)34-19-25-18-29(39)37(2)30(25)22-7-4-3-5-8-22/h3-17,25,30,35H,18-20H2,1-2H3,(H,34,36)/t25-,30-/m1/s1. The summed E-state index contributed by atoms with van der Waals surface area (Å²) in [5.41, 5.74) is 2.51. The number of pyridine rings is 2. The fourth-order valence-corrected chi connectivity index (χ4v) is 6.57. The Balaban J connectivity index is 1.15. The normalized spacial score (nSPS) is 17.2. The van der Waals surface area contributed by atoms with Gasteiger partial charge in [0.2, 0.25) is 15.9 Å². The van der Waals surface area contributed by atoms with Crippen LogP contribution in [-0.2, 0) is 21.4 Å². The Bertz CT molecular complexity index is 1860. The maximum atomic E-state index is 13.2. The molecule has 1 aliphatic heterocycles. The Morgan fingerprint density at radius 1 is 0.976 bits per heavy atom. The molecule has 1 aliphatic rings. The molecule has 6 rings (SSSR count). The van der Waals surface area contributed by atoms with Gasteiger partial charge in [-0.25, -0.2) is 28.1 Å². The molecule has 0 aliphatic carbocycles. The lowest BCUT2D eigenvalue weighted by molar-refractivity contribution is -0.127. The monoisotopic (exact) mass is 581 g/mol. The third-order valence-electron chi connectivity index (χ3n) is 7.73. The summed E-state index contributed by atoms with van der Waals surface area (Å²) < 4.78 is 31.0. The van der Waals surface area contributed by atoms with Crippen molar-refractivity contribution >= 4 is 32.7 Å². The smallest absolute Gasteiger partial charge is 0.240 e. The lowest BCUT2D eigenvalue weighted by Gasteiger charge is -2.25. The van der Waals surface area contributed by atoms with Gasteiger partial charge in [-0.15, -0.1) is 0 Å². The summed E-state index contributed by atoms with van der Waals surface area (Å²) >= 11 is 0. The van der Waals surface area contributed by atoms with Gasteiger partial charge in [0.15, 0.2) is 0 Å². The van der Waals surface area contributed by atoms with Gasteiger partial charge in [0.25, 0.3) is 0 Å². The summed E-state index contributed by atoms with van der Waals surface area (Å²) in [5.74, 6) is 2.28. The molecule has 0 radical (unpaired) electrons. The number of hydrogen-bond acceptors (Lipinski definition) is 7. The fourth-order valence-electron chi connectivity index (χ4n) is 5.53. The molecule has 0 bridgehead atoms. The van der Waals surface area contributed by atoms with Crippen molar-refractivity contribution in [3.8, 4) is 5.82 Å². The lowest BCUT2D eigenvalue weighted by atomic mass is 9.93.